The largest absolute Gasteiger partial charge is 0.507 e. The molecule has 0 saturated carbocycles. The van der Waals surface area contributed by atoms with Gasteiger partial charge < -0.3 is 10.2 Å². The van der Waals surface area contributed by atoms with Crippen LogP contribution in [-0.4, -0.2) is 20.2 Å². The van der Waals surface area contributed by atoms with Crippen molar-refractivity contribution in [2.45, 2.75) is 40.0 Å². The first kappa shape index (κ1) is 19.0. The summed E-state index contributed by atoms with van der Waals surface area (Å²) in [4.78, 5) is 7.83. The minimum atomic E-state index is 0.0540. The number of allylic oxidation sites excluding steroid dienone is 4. The number of hydrogen-bond acceptors (Lipinski definition) is 4. The monoisotopic (exact) mass is 358 g/mol. The standard InChI is InChI=1S/C20H23ClN2O2/c1-13(2)5-4-6-14(3)7-8-17-18(24)9-15(10-19(17)25)16-11-22-20(21)23-12-16/h5,7,9-12,24-25H,4,6,8H2,1-3H3/b14-7+. The SMILES string of the molecule is CC(C)=CCC/C(C)=C/Cc1c(O)cc(-c2cnc(Cl)nc2)cc1O. The van der Waals surface area contributed by atoms with E-state index in [4.69, 9.17) is 11.6 Å². The maximum Gasteiger partial charge on any atom is 0.222 e. The zero-order valence-corrected chi connectivity index (χ0v) is 15.5. The molecule has 5 heteroatoms. The van der Waals surface area contributed by atoms with Crippen molar-refractivity contribution in [2.24, 2.45) is 0 Å². The van der Waals surface area contributed by atoms with Crippen LogP contribution in [0.4, 0.5) is 0 Å². The van der Waals surface area contributed by atoms with Crippen LogP contribution in [-0.2, 0) is 6.42 Å². The lowest BCUT2D eigenvalue weighted by molar-refractivity contribution is 0.441. The summed E-state index contributed by atoms with van der Waals surface area (Å²) in [6.45, 7) is 6.23. The molecule has 0 fully saturated rings. The molecule has 0 bridgehead atoms. The van der Waals surface area contributed by atoms with E-state index in [1.54, 1.807) is 24.5 Å². The Kier molecular flexibility index (Phi) is 6.59. The Bertz CT molecular complexity index is 769. The maximum atomic E-state index is 10.3. The molecule has 2 rings (SSSR count). The van der Waals surface area contributed by atoms with Crippen LogP contribution < -0.4 is 0 Å². The molecule has 0 amide bonds. The van der Waals surface area contributed by atoms with Crippen LogP contribution in [0.15, 0.2) is 47.8 Å². The summed E-state index contributed by atoms with van der Waals surface area (Å²) in [5, 5.41) is 20.7. The molecule has 0 unspecified atom stereocenters. The van der Waals surface area contributed by atoms with Crippen molar-refractivity contribution in [1.82, 2.24) is 9.97 Å². The number of rotatable bonds is 6. The number of aromatic hydroxyl groups is 2. The van der Waals surface area contributed by atoms with Crippen molar-refractivity contribution in [3.8, 4) is 22.6 Å². The molecule has 0 atom stereocenters. The lowest BCUT2D eigenvalue weighted by Gasteiger charge is -2.09. The van der Waals surface area contributed by atoms with Gasteiger partial charge in [-0.15, -0.1) is 0 Å². The third kappa shape index (κ3) is 5.61. The van der Waals surface area contributed by atoms with E-state index in [-0.39, 0.29) is 16.8 Å². The molecule has 0 aliphatic rings. The molecule has 4 nitrogen and oxygen atoms in total. The van der Waals surface area contributed by atoms with Crippen LogP contribution >= 0.6 is 11.6 Å². The Labute approximate surface area is 153 Å². The van der Waals surface area contributed by atoms with Gasteiger partial charge in [0, 0.05) is 23.5 Å². The van der Waals surface area contributed by atoms with Crippen molar-refractivity contribution in [3.63, 3.8) is 0 Å². The van der Waals surface area contributed by atoms with Crippen molar-refractivity contribution in [2.75, 3.05) is 0 Å². The summed E-state index contributed by atoms with van der Waals surface area (Å²) < 4.78 is 0. The highest BCUT2D eigenvalue weighted by atomic mass is 35.5. The molecule has 0 aliphatic carbocycles. The molecule has 1 aromatic carbocycles. The number of hydrogen-bond donors (Lipinski definition) is 2. The topological polar surface area (TPSA) is 66.2 Å². The second-order valence-electron chi connectivity index (χ2n) is 6.31. The van der Waals surface area contributed by atoms with E-state index in [9.17, 15) is 10.2 Å². The molecule has 132 valence electrons. The van der Waals surface area contributed by atoms with E-state index in [1.165, 1.54) is 11.1 Å². The fraction of sp³-hybridized carbons (Fsp3) is 0.300. The van der Waals surface area contributed by atoms with Gasteiger partial charge in [0.1, 0.15) is 11.5 Å². The Morgan fingerprint density at radius 1 is 1.00 bits per heavy atom. The fourth-order valence-corrected chi connectivity index (χ4v) is 2.54. The first-order valence-corrected chi connectivity index (χ1v) is 8.56. The van der Waals surface area contributed by atoms with Gasteiger partial charge in [-0.25, -0.2) is 9.97 Å². The number of halogens is 1. The zero-order valence-electron chi connectivity index (χ0n) is 14.8. The van der Waals surface area contributed by atoms with Crippen LogP contribution in [0.1, 0.15) is 39.2 Å². The van der Waals surface area contributed by atoms with E-state index >= 15 is 0 Å². The van der Waals surface area contributed by atoms with Gasteiger partial charge in [0.25, 0.3) is 0 Å². The predicted octanol–water partition coefficient (Wildman–Crippen LogP) is 5.44. The molecular weight excluding hydrogens is 336 g/mol. The predicted molar refractivity (Wildman–Crippen MR) is 102 cm³/mol. The first-order valence-electron chi connectivity index (χ1n) is 8.18. The van der Waals surface area contributed by atoms with E-state index in [1.807, 2.05) is 6.08 Å². The molecule has 2 aromatic rings. The summed E-state index contributed by atoms with van der Waals surface area (Å²) in [7, 11) is 0. The van der Waals surface area contributed by atoms with Gasteiger partial charge in [-0.05, 0) is 69.3 Å². The highest BCUT2D eigenvalue weighted by molar-refractivity contribution is 6.28. The number of phenols is 2. The van der Waals surface area contributed by atoms with Crippen LogP contribution in [0, 0.1) is 0 Å². The lowest BCUT2D eigenvalue weighted by Crippen LogP contribution is -1.90. The summed E-state index contributed by atoms with van der Waals surface area (Å²) in [6.07, 6.45) is 9.79. The molecule has 0 radical (unpaired) electrons. The zero-order chi connectivity index (χ0) is 18.4. The number of phenolic OH excluding ortho intramolecular Hbond substituents is 2. The third-order valence-electron chi connectivity index (χ3n) is 3.90. The van der Waals surface area contributed by atoms with Gasteiger partial charge >= 0.3 is 0 Å². The fourth-order valence-electron chi connectivity index (χ4n) is 2.45. The molecule has 1 heterocycles. The summed E-state index contributed by atoms with van der Waals surface area (Å²) in [5.74, 6) is 0.108. The van der Waals surface area contributed by atoms with E-state index in [0.29, 0.717) is 23.1 Å². The van der Waals surface area contributed by atoms with Crippen molar-refractivity contribution >= 4 is 11.6 Å². The molecule has 0 spiro atoms. The third-order valence-corrected chi connectivity index (χ3v) is 4.10. The smallest absolute Gasteiger partial charge is 0.222 e. The van der Waals surface area contributed by atoms with Gasteiger partial charge in [-0.3, -0.25) is 0 Å². The second kappa shape index (κ2) is 8.67. The maximum absolute atomic E-state index is 10.3. The molecule has 0 saturated heterocycles. The Balaban J connectivity index is 2.14. The highest BCUT2D eigenvalue weighted by Crippen LogP contribution is 2.34. The van der Waals surface area contributed by atoms with Crippen molar-refractivity contribution in [1.29, 1.82) is 0 Å². The highest BCUT2D eigenvalue weighted by Gasteiger charge is 2.11. The van der Waals surface area contributed by atoms with Crippen LogP contribution in [0.25, 0.3) is 11.1 Å². The quantitative estimate of drug-likeness (QED) is 0.532. The molecular formula is C20H23ClN2O2. The lowest BCUT2D eigenvalue weighted by atomic mass is 10.0. The van der Waals surface area contributed by atoms with Gasteiger partial charge in [0.15, 0.2) is 0 Å². The van der Waals surface area contributed by atoms with Gasteiger partial charge in [-0.1, -0.05) is 23.3 Å². The normalized spacial score (nSPS) is 11.4. The van der Waals surface area contributed by atoms with Crippen LogP contribution in [0.3, 0.4) is 0 Å². The molecule has 25 heavy (non-hydrogen) atoms. The van der Waals surface area contributed by atoms with Gasteiger partial charge in [-0.2, -0.15) is 0 Å². The van der Waals surface area contributed by atoms with Crippen LogP contribution in [0.5, 0.6) is 11.5 Å². The first-order chi connectivity index (χ1) is 11.9. The van der Waals surface area contributed by atoms with E-state index < -0.39 is 0 Å². The minimum absolute atomic E-state index is 0.0540. The average Bonchev–Trinajstić information content (AvgIpc) is 2.54. The summed E-state index contributed by atoms with van der Waals surface area (Å²) in [5.41, 5.74) is 4.37. The number of nitrogens with zero attached hydrogens (tertiary/aromatic N) is 2. The molecule has 1 aromatic heterocycles. The Morgan fingerprint density at radius 3 is 2.16 bits per heavy atom. The van der Waals surface area contributed by atoms with Crippen LogP contribution in [0.2, 0.25) is 5.28 Å². The molecule has 0 aliphatic heterocycles. The number of aromatic nitrogens is 2. The van der Waals surface area contributed by atoms with Gasteiger partial charge in [0.05, 0.1) is 0 Å². The van der Waals surface area contributed by atoms with Gasteiger partial charge in [0.2, 0.25) is 5.28 Å². The molecule has 2 N–H and O–H groups in total. The summed E-state index contributed by atoms with van der Waals surface area (Å²) >= 11 is 5.68. The Hall–Kier alpha value is -2.33. The Morgan fingerprint density at radius 2 is 1.60 bits per heavy atom. The average molecular weight is 359 g/mol. The van der Waals surface area contributed by atoms with Crippen molar-refractivity contribution < 1.29 is 10.2 Å². The van der Waals surface area contributed by atoms with E-state index in [2.05, 4.69) is 36.8 Å². The number of benzene rings is 1. The van der Waals surface area contributed by atoms with E-state index in [0.717, 1.165) is 12.8 Å². The summed E-state index contributed by atoms with van der Waals surface area (Å²) in [6, 6.07) is 3.21. The minimum Gasteiger partial charge on any atom is -0.507 e. The second-order valence-corrected chi connectivity index (χ2v) is 6.65. The van der Waals surface area contributed by atoms with Crippen molar-refractivity contribution in [3.05, 3.63) is 58.7 Å².